The van der Waals surface area contributed by atoms with Crippen LogP contribution in [0.15, 0.2) is 24.3 Å². The zero-order chi connectivity index (χ0) is 15.0. The molecule has 0 bridgehead atoms. The van der Waals surface area contributed by atoms with E-state index < -0.39 is 0 Å². The molecule has 0 heterocycles. The van der Waals surface area contributed by atoms with Crippen molar-refractivity contribution in [2.75, 3.05) is 6.54 Å². The Bertz CT molecular complexity index is 398. The lowest BCUT2D eigenvalue weighted by molar-refractivity contribution is -0.121. The van der Waals surface area contributed by atoms with Gasteiger partial charge in [-0.25, -0.2) is 0 Å². The van der Waals surface area contributed by atoms with E-state index in [1.165, 1.54) is 5.56 Å². The molecule has 3 nitrogen and oxygen atoms in total. The number of nitrogens with two attached hydrogens (primary N) is 1. The number of amides is 1. The average molecular weight is 276 g/mol. The van der Waals surface area contributed by atoms with Crippen LogP contribution in [-0.2, 0) is 11.3 Å². The Morgan fingerprint density at radius 1 is 1.15 bits per heavy atom. The predicted octanol–water partition coefficient (Wildman–Crippen LogP) is 3.19. The maximum Gasteiger partial charge on any atom is 0.220 e. The fourth-order valence-corrected chi connectivity index (χ4v) is 2.12. The second-order valence-electron chi connectivity index (χ2n) is 5.89. The number of carbonyl (C=O) groups excluding carboxylic acids is 1. The summed E-state index contributed by atoms with van der Waals surface area (Å²) < 4.78 is 0. The van der Waals surface area contributed by atoms with Crippen LogP contribution in [0.25, 0.3) is 0 Å². The van der Waals surface area contributed by atoms with Gasteiger partial charge >= 0.3 is 0 Å². The van der Waals surface area contributed by atoms with Crippen molar-refractivity contribution in [1.82, 2.24) is 5.32 Å². The minimum atomic E-state index is 0.127. The fourth-order valence-electron chi connectivity index (χ4n) is 2.12. The molecule has 0 aliphatic rings. The van der Waals surface area contributed by atoms with E-state index in [9.17, 15) is 4.79 Å². The van der Waals surface area contributed by atoms with Gasteiger partial charge in [-0.3, -0.25) is 4.79 Å². The maximum atomic E-state index is 11.8. The minimum Gasteiger partial charge on any atom is -0.352 e. The van der Waals surface area contributed by atoms with E-state index in [-0.39, 0.29) is 5.91 Å². The molecular formula is C17H28N2O. The van der Waals surface area contributed by atoms with E-state index in [1.807, 2.05) is 0 Å². The summed E-state index contributed by atoms with van der Waals surface area (Å²) in [5.74, 6) is 1.19. The summed E-state index contributed by atoms with van der Waals surface area (Å²) in [6.45, 7) is 7.82. The monoisotopic (exact) mass is 276 g/mol. The summed E-state index contributed by atoms with van der Waals surface area (Å²) in [4.78, 5) is 11.8. The SMILES string of the molecule is CC(CCN)CCC(=O)NCc1ccc(C(C)C)cc1. The van der Waals surface area contributed by atoms with E-state index in [1.54, 1.807) is 0 Å². The lowest BCUT2D eigenvalue weighted by Crippen LogP contribution is -2.23. The van der Waals surface area contributed by atoms with Gasteiger partial charge in [0.2, 0.25) is 5.91 Å². The van der Waals surface area contributed by atoms with Gasteiger partial charge < -0.3 is 11.1 Å². The molecule has 1 rings (SSSR count). The minimum absolute atomic E-state index is 0.127. The summed E-state index contributed by atoms with van der Waals surface area (Å²) >= 11 is 0. The molecule has 20 heavy (non-hydrogen) atoms. The summed E-state index contributed by atoms with van der Waals surface area (Å²) in [7, 11) is 0. The third-order valence-corrected chi connectivity index (χ3v) is 3.66. The predicted molar refractivity (Wildman–Crippen MR) is 84.4 cm³/mol. The third kappa shape index (κ3) is 6.20. The van der Waals surface area contributed by atoms with Crippen molar-refractivity contribution in [2.24, 2.45) is 11.7 Å². The molecular weight excluding hydrogens is 248 g/mol. The molecule has 0 spiro atoms. The third-order valence-electron chi connectivity index (χ3n) is 3.66. The maximum absolute atomic E-state index is 11.8. The molecule has 1 atom stereocenters. The highest BCUT2D eigenvalue weighted by Gasteiger charge is 2.06. The van der Waals surface area contributed by atoms with Crippen LogP contribution in [0, 0.1) is 5.92 Å². The fraction of sp³-hybridized carbons (Fsp3) is 0.588. The Morgan fingerprint density at radius 3 is 2.35 bits per heavy atom. The van der Waals surface area contributed by atoms with Crippen LogP contribution in [0.2, 0.25) is 0 Å². The quantitative estimate of drug-likeness (QED) is 0.766. The van der Waals surface area contributed by atoms with Crippen molar-refractivity contribution < 1.29 is 4.79 Å². The van der Waals surface area contributed by atoms with Gasteiger partial charge in [-0.2, -0.15) is 0 Å². The molecule has 3 N–H and O–H groups in total. The van der Waals surface area contributed by atoms with Crippen molar-refractivity contribution in [3.63, 3.8) is 0 Å². The first-order valence-electron chi connectivity index (χ1n) is 7.58. The number of carbonyl (C=O) groups is 1. The van der Waals surface area contributed by atoms with Gasteiger partial charge in [0.05, 0.1) is 0 Å². The number of nitrogens with one attached hydrogen (secondary N) is 1. The van der Waals surface area contributed by atoms with Gasteiger partial charge in [0, 0.05) is 13.0 Å². The van der Waals surface area contributed by atoms with E-state index in [0.29, 0.717) is 31.3 Å². The van der Waals surface area contributed by atoms with Gasteiger partial charge in [-0.15, -0.1) is 0 Å². The lowest BCUT2D eigenvalue weighted by atomic mass is 10.0. The van der Waals surface area contributed by atoms with Gasteiger partial charge in [0.15, 0.2) is 0 Å². The Labute approximate surface area is 122 Å². The molecule has 1 unspecified atom stereocenters. The molecule has 1 aromatic carbocycles. The molecule has 0 fully saturated rings. The van der Waals surface area contributed by atoms with Gasteiger partial charge in [0.25, 0.3) is 0 Å². The summed E-state index contributed by atoms with van der Waals surface area (Å²) in [6, 6.07) is 8.45. The molecule has 112 valence electrons. The smallest absolute Gasteiger partial charge is 0.220 e. The van der Waals surface area contributed by atoms with Crippen molar-refractivity contribution in [2.45, 2.75) is 52.5 Å². The van der Waals surface area contributed by atoms with E-state index in [0.717, 1.165) is 18.4 Å². The van der Waals surface area contributed by atoms with Crippen LogP contribution in [0.3, 0.4) is 0 Å². The van der Waals surface area contributed by atoms with Crippen LogP contribution < -0.4 is 11.1 Å². The normalized spacial score (nSPS) is 12.4. The van der Waals surface area contributed by atoms with Gasteiger partial charge in [-0.05, 0) is 42.3 Å². The molecule has 0 saturated carbocycles. The van der Waals surface area contributed by atoms with Crippen LogP contribution in [0.5, 0.6) is 0 Å². The van der Waals surface area contributed by atoms with Gasteiger partial charge in [-0.1, -0.05) is 45.0 Å². The second-order valence-corrected chi connectivity index (χ2v) is 5.89. The van der Waals surface area contributed by atoms with Crippen molar-refractivity contribution >= 4 is 5.91 Å². The zero-order valence-corrected chi connectivity index (χ0v) is 13.0. The van der Waals surface area contributed by atoms with Crippen molar-refractivity contribution in [3.05, 3.63) is 35.4 Å². The molecule has 1 aromatic rings. The first kappa shape index (κ1) is 16.7. The molecule has 0 saturated heterocycles. The first-order chi connectivity index (χ1) is 9.52. The highest BCUT2D eigenvalue weighted by Crippen LogP contribution is 2.14. The Balaban J connectivity index is 2.30. The number of hydrogen-bond acceptors (Lipinski definition) is 2. The highest BCUT2D eigenvalue weighted by molar-refractivity contribution is 5.75. The van der Waals surface area contributed by atoms with Crippen LogP contribution in [0.1, 0.15) is 57.1 Å². The molecule has 1 amide bonds. The summed E-state index contributed by atoms with van der Waals surface area (Å²) in [5, 5.41) is 2.97. The lowest BCUT2D eigenvalue weighted by Gasteiger charge is -2.10. The first-order valence-corrected chi connectivity index (χ1v) is 7.58. The van der Waals surface area contributed by atoms with Gasteiger partial charge in [0.1, 0.15) is 0 Å². The Morgan fingerprint density at radius 2 is 1.80 bits per heavy atom. The molecule has 0 aromatic heterocycles. The Kier molecular flexibility index (Phi) is 7.31. The largest absolute Gasteiger partial charge is 0.352 e. The van der Waals surface area contributed by atoms with E-state index in [2.05, 4.69) is 50.4 Å². The van der Waals surface area contributed by atoms with Crippen LogP contribution in [-0.4, -0.2) is 12.5 Å². The van der Waals surface area contributed by atoms with Crippen molar-refractivity contribution in [3.8, 4) is 0 Å². The topological polar surface area (TPSA) is 55.1 Å². The Hall–Kier alpha value is -1.35. The second kappa shape index (κ2) is 8.75. The number of rotatable bonds is 8. The molecule has 0 aliphatic heterocycles. The molecule has 3 heteroatoms. The highest BCUT2D eigenvalue weighted by atomic mass is 16.1. The molecule has 0 aliphatic carbocycles. The van der Waals surface area contributed by atoms with Crippen LogP contribution >= 0.6 is 0 Å². The van der Waals surface area contributed by atoms with E-state index >= 15 is 0 Å². The van der Waals surface area contributed by atoms with E-state index in [4.69, 9.17) is 5.73 Å². The standard InChI is InChI=1S/C17H28N2O/c1-13(2)16-7-5-15(6-8-16)12-19-17(20)9-4-14(3)10-11-18/h5-8,13-14H,4,9-12,18H2,1-3H3,(H,19,20). The molecule has 0 radical (unpaired) electrons. The summed E-state index contributed by atoms with van der Waals surface area (Å²) in [5.41, 5.74) is 7.98. The number of hydrogen-bond donors (Lipinski definition) is 2. The van der Waals surface area contributed by atoms with Crippen molar-refractivity contribution in [1.29, 1.82) is 0 Å². The van der Waals surface area contributed by atoms with Crippen LogP contribution in [0.4, 0.5) is 0 Å². The summed E-state index contributed by atoms with van der Waals surface area (Å²) in [6.07, 6.45) is 2.49. The number of benzene rings is 1. The zero-order valence-electron chi connectivity index (χ0n) is 13.0. The average Bonchev–Trinajstić information content (AvgIpc) is 2.43.